The zero-order valence-corrected chi connectivity index (χ0v) is 11.1. The summed E-state index contributed by atoms with van der Waals surface area (Å²) in [5, 5.41) is 0. The summed E-state index contributed by atoms with van der Waals surface area (Å²) in [5.41, 5.74) is 4.73. The molecule has 100 valence electrons. The molecule has 0 saturated carbocycles. The first-order valence-corrected chi connectivity index (χ1v) is 6.22. The fraction of sp³-hybridized carbons (Fsp3) is 0.286. The average Bonchev–Trinajstić information content (AvgIpc) is 2.43. The Kier molecular flexibility index (Phi) is 4.43. The highest BCUT2D eigenvalue weighted by Crippen LogP contribution is 2.22. The Balaban J connectivity index is 2.30. The van der Waals surface area contributed by atoms with Gasteiger partial charge in [-0.2, -0.15) is 0 Å². The predicted molar refractivity (Wildman–Crippen MR) is 73.5 cm³/mol. The van der Waals surface area contributed by atoms with Gasteiger partial charge in [-0.25, -0.2) is 15.4 Å². The smallest absolute Gasteiger partial charge is 0.150 e. The topological polar surface area (TPSA) is 73.1 Å². The molecule has 0 spiro atoms. The summed E-state index contributed by atoms with van der Waals surface area (Å²) < 4.78 is 5.49. The van der Waals surface area contributed by atoms with Gasteiger partial charge in [-0.05, 0) is 37.1 Å². The molecule has 5 heteroatoms. The lowest BCUT2D eigenvalue weighted by molar-refractivity contribution is 0.339. The molecule has 1 unspecified atom stereocenters. The number of aryl methyl sites for hydroxylation is 1. The van der Waals surface area contributed by atoms with Crippen molar-refractivity contribution < 1.29 is 4.74 Å². The van der Waals surface area contributed by atoms with E-state index < -0.39 is 0 Å². The van der Waals surface area contributed by atoms with Crippen LogP contribution in [0.25, 0.3) is 0 Å². The van der Waals surface area contributed by atoms with Crippen LogP contribution in [0.15, 0.2) is 36.7 Å². The third-order valence-electron chi connectivity index (χ3n) is 2.73. The molecular formula is C14H18N4O. The van der Waals surface area contributed by atoms with E-state index in [1.54, 1.807) is 12.4 Å². The lowest BCUT2D eigenvalue weighted by atomic mass is 10.1. The monoisotopic (exact) mass is 258 g/mol. The van der Waals surface area contributed by atoms with Gasteiger partial charge in [0.2, 0.25) is 0 Å². The second-order valence-corrected chi connectivity index (χ2v) is 4.22. The van der Waals surface area contributed by atoms with Crippen LogP contribution >= 0.6 is 0 Å². The van der Waals surface area contributed by atoms with E-state index in [0.717, 1.165) is 16.9 Å². The Morgan fingerprint density at radius 3 is 2.68 bits per heavy atom. The van der Waals surface area contributed by atoms with E-state index in [9.17, 15) is 0 Å². The van der Waals surface area contributed by atoms with E-state index in [2.05, 4.69) is 15.4 Å². The van der Waals surface area contributed by atoms with Crippen LogP contribution in [0.5, 0.6) is 5.75 Å². The molecule has 19 heavy (non-hydrogen) atoms. The van der Waals surface area contributed by atoms with Gasteiger partial charge in [0.05, 0.1) is 6.61 Å². The minimum atomic E-state index is -0.249. The van der Waals surface area contributed by atoms with E-state index in [-0.39, 0.29) is 6.04 Å². The maximum absolute atomic E-state index is 5.63. The Morgan fingerprint density at radius 2 is 2.05 bits per heavy atom. The van der Waals surface area contributed by atoms with Crippen molar-refractivity contribution in [3.8, 4) is 5.75 Å². The van der Waals surface area contributed by atoms with E-state index in [4.69, 9.17) is 10.6 Å². The highest BCUT2D eigenvalue weighted by Gasteiger charge is 2.15. The van der Waals surface area contributed by atoms with Gasteiger partial charge in [-0.1, -0.05) is 12.1 Å². The number of nitrogens with zero attached hydrogens (tertiary/aromatic N) is 2. The van der Waals surface area contributed by atoms with Crippen molar-refractivity contribution in [2.75, 3.05) is 6.61 Å². The van der Waals surface area contributed by atoms with Crippen LogP contribution in [0.2, 0.25) is 0 Å². The summed E-state index contributed by atoms with van der Waals surface area (Å²) in [7, 11) is 0. The molecule has 0 saturated heterocycles. The summed E-state index contributed by atoms with van der Waals surface area (Å²) in [6.45, 7) is 4.53. The van der Waals surface area contributed by atoms with Gasteiger partial charge >= 0.3 is 0 Å². The molecule has 0 aliphatic carbocycles. The second-order valence-electron chi connectivity index (χ2n) is 4.22. The number of ether oxygens (including phenoxy) is 1. The number of hydrogen-bond donors (Lipinski definition) is 2. The Labute approximate surface area is 112 Å². The first-order valence-electron chi connectivity index (χ1n) is 6.22. The van der Waals surface area contributed by atoms with E-state index in [1.165, 1.54) is 0 Å². The van der Waals surface area contributed by atoms with Crippen LogP contribution in [0.3, 0.4) is 0 Å². The molecule has 1 aromatic carbocycles. The molecule has 0 radical (unpaired) electrons. The fourth-order valence-electron chi connectivity index (χ4n) is 1.82. The van der Waals surface area contributed by atoms with E-state index in [1.807, 2.05) is 38.1 Å². The molecule has 3 N–H and O–H groups in total. The van der Waals surface area contributed by atoms with Gasteiger partial charge in [-0.15, -0.1) is 0 Å². The van der Waals surface area contributed by atoms with Crippen LogP contribution in [-0.4, -0.2) is 16.6 Å². The molecule has 2 aromatic rings. The minimum absolute atomic E-state index is 0.249. The zero-order valence-electron chi connectivity index (χ0n) is 11.1. The number of nitrogens with one attached hydrogen (secondary N) is 1. The molecule has 1 heterocycles. The van der Waals surface area contributed by atoms with Crippen LogP contribution in [-0.2, 0) is 0 Å². The standard InChI is InChI=1S/C14H18N4O/c1-3-19-12-6-4-5-11(7-12)13(18-15)14-16-8-10(2)9-17-14/h4-9,13,18H,3,15H2,1-2H3. The Bertz CT molecular complexity index is 527. The number of hydrogen-bond acceptors (Lipinski definition) is 5. The molecule has 0 bridgehead atoms. The van der Waals surface area contributed by atoms with Crippen molar-refractivity contribution in [1.29, 1.82) is 0 Å². The number of aromatic nitrogens is 2. The van der Waals surface area contributed by atoms with Gasteiger partial charge in [0.25, 0.3) is 0 Å². The van der Waals surface area contributed by atoms with Crippen molar-refractivity contribution in [3.05, 3.63) is 53.6 Å². The minimum Gasteiger partial charge on any atom is -0.494 e. The lowest BCUT2D eigenvalue weighted by Gasteiger charge is -2.16. The largest absolute Gasteiger partial charge is 0.494 e. The molecule has 1 atom stereocenters. The first kappa shape index (κ1) is 13.5. The van der Waals surface area contributed by atoms with Gasteiger partial charge < -0.3 is 4.74 Å². The maximum Gasteiger partial charge on any atom is 0.150 e. The summed E-state index contributed by atoms with van der Waals surface area (Å²) in [6.07, 6.45) is 3.55. The van der Waals surface area contributed by atoms with Crippen LogP contribution in [0.1, 0.15) is 29.9 Å². The number of nitrogens with two attached hydrogens (primary N) is 1. The average molecular weight is 258 g/mol. The molecule has 2 rings (SSSR count). The number of hydrazine groups is 1. The second kappa shape index (κ2) is 6.26. The van der Waals surface area contributed by atoms with Gasteiger partial charge in [-0.3, -0.25) is 5.84 Å². The molecule has 0 aliphatic heterocycles. The van der Waals surface area contributed by atoms with Gasteiger partial charge in [0.15, 0.2) is 5.82 Å². The highest BCUT2D eigenvalue weighted by atomic mass is 16.5. The molecule has 1 aromatic heterocycles. The van der Waals surface area contributed by atoms with Crippen LogP contribution in [0.4, 0.5) is 0 Å². The molecule has 5 nitrogen and oxygen atoms in total. The summed E-state index contributed by atoms with van der Waals surface area (Å²) >= 11 is 0. The van der Waals surface area contributed by atoms with Crippen molar-refractivity contribution >= 4 is 0 Å². The van der Waals surface area contributed by atoms with Gasteiger partial charge in [0.1, 0.15) is 11.8 Å². The summed E-state index contributed by atoms with van der Waals surface area (Å²) in [5.74, 6) is 7.08. The third-order valence-corrected chi connectivity index (χ3v) is 2.73. The number of rotatable bonds is 5. The molecule has 0 aliphatic rings. The van der Waals surface area contributed by atoms with Crippen molar-refractivity contribution in [2.24, 2.45) is 5.84 Å². The SMILES string of the molecule is CCOc1cccc(C(NN)c2ncc(C)cn2)c1. The predicted octanol–water partition coefficient (Wildman–Crippen LogP) is 1.74. The highest BCUT2D eigenvalue weighted by molar-refractivity contribution is 5.33. The van der Waals surface area contributed by atoms with E-state index in [0.29, 0.717) is 12.4 Å². The van der Waals surface area contributed by atoms with Crippen LogP contribution in [0, 0.1) is 6.92 Å². The normalized spacial score (nSPS) is 12.2. The lowest BCUT2D eigenvalue weighted by Crippen LogP contribution is -2.30. The molecule has 0 amide bonds. The fourth-order valence-corrected chi connectivity index (χ4v) is 1.82. The zero-order chi connectivity index (χ0) is 13.7. The van der Waals surface area contributed by atoms with Crippen molar-refractivity contribution in [2.45, 2.75) is 19.9 Å². The van der Waals surface area contributed by atoms with Crippen LogP contribution < -0.4 is 16.0 Å². The Morgan fingerprint density at radius 1 is 1.32 bits per heavy atom. The number of benzene rings is 1. The Hall–Kier alpha value is -1.98. The first-order chi connectivity index (χ1) is 9.24. The van der Waals surface area contributed by atoms with E-state index >= 15 is 0 Å². The van der Waals surface area contributed by atoms with Gasteiger partial charge in [0, 0.05) is 12.4 Å². The third kappa shape index (κ3) is 3.27. The summed E-state index contributed by atoms with van der Waals surface area (Å²) in [6, 6.07) is 7.50. The van der Waals surface area contributed by atoms with Crippen molar-refractivity contribution in [3.63, 3.8) is 0 Å². The maximum atomic E-state index is 5.63. The molecule has 0 fully saturated rings. The quantitative estimate of drug-likeness (QED) is 0.631. The molecular weight excluding hydrogens is 240 g/mol. The summed E-state index contributed by atoms with van der Waals surface area (Å²) in [4.78, 5) is 8.61. The van der Waals surface area contributed by atoms with Crippen molar-refractivity contribution in [1.82, 2.24) is 15.4 Å².